The Balaban J connectivity index is 2.03. The molecule has 3 atom stereocenters. The lowest BCUT2D eigenvalue weighted by molar-refractivity contribution is 0.0593. The Morgan fingerprint density at radius 2 is 2.10 bits per heavy atom. The molecular weight excluding hydrogens is 126 g/mol. The molecule has 58 valence electrons. The molecule has 0 aromatic heterocycles. The third-order valence-corrected chi connectivity index (χ3v) is 2.84. The van der Waals surface area contributed by atoms with Crippen LogP contribution in [0.1, 0.15) is 25.7 Å². The van der Waals surface area contributed by atoms with Gasteiger partial charge < -0.3 is 10.5 Å². The number of nitrogens with two attached hydrogens (primary N) is 1. The maximum absolute atomic E-state index is 5.94. The van der Waals surface area contributed by atoms with Crippen molar-refractivity contribution in [2.24, 2.45) is 11.7 Å². The van der Waals surface area contributed by atoms with E-state index >= 15 is 0 Å². The molecule has 0 aromatic carbocycles. The SMILES string of the molecule is NC1CCCC2OCCC12. The number of ether oxygens (including phenoxy) is 1. The first-order valence-electron chi connectivity index (χ1n) is 4.25. The highest BCUT2D eigenvalue weighted by atomic mass is 16.5. The van der Waals surface area contributed by atoms with Crippen LogP contribution in [0.5, 0.6) is 0 Å². The Morgan fingerprint density at radius 1 is 1.20 bits per heavy atom. The van der Waals surface area contributed by atoms with Crippen LogP contribution >= 0.6 is 0 Å². The minimum atomic E-state index is 0.432. The summed E-state index contributed by atoms with van der Waals surface area (Å²) in [4.78, 5) is 0. The molecule has 1 heterocycles. The highest BCUT2D eigenvalue weighted by Crippen LogP contribution is 2.33. The Labute approximate surface area is 61.7 Å². The average Bonchev–Trinajstić information content (AvgIpc) is 2.36. The van der Waals surface area contributed by atoms with Crippen molar-refractivity contribution in [1.29, 1.82) is 0 Å². The minimum Gasteiger partial charge on any atom is -0.378 e. The van der Waals surface area contributed by atoms with Crippen LogP contribution in [-0.4, -0.2) is 18.8 Å². The molecule has 1 aliphatic heterocycles. The Kier molecular flexibility index (Phi) is 1.66. The summed E-state index contributed by atoms with van der Waals surface area (Å²) in [7, 11) is 0. The van der Waals surface area contributed by atoms with E-state index in [1.165, 1.54) is 25.7 Å². The number of rotatable bonds is 0. The number of fused-ring (bicyclic) bond motifs is 1. The van der Waals surface area contributed by atoms with E-state index in [1.54, 1.807) is 0 Å². The summed E-state index contributed by atoms with van der Waals surface area (Å²) >= 11 is 0. The first-order valence-corrected chi connectivity index (χ1v) is 4.25. The molecule has 0 radical (unpaired) electrons. The molecule has 0 bridgehead atoms. The van der Waals surface area contributed by atoms with Crippen molar-refractivity contribution >= 4 is 0 Å². The van der Waals surface area contributed by atoms with Crippen molar-refractivity contribution in [3.63, 3.8) is 0 Å². The molecular formula is C8H15NO. The van der Waals surface area contributed by atoms with Crippen molar-refractivity contribution in [1.82, 2.24) is 0 Å². The smallest absolute Gasteiger partial charge is 0.0618 e. The van der Waals surface area contributed by atoms with Gasteiger partial charge in [0.15, 0.2) is 0 Å². The van der Waals surface area contributed by atoms with Crippen molar-refractivity contribution < 1.29 is 4.74 Å². The second-order valence-electron chi connectivity index (χ2n) is 3.46. The monoisotopic (exact) mass is 141 g/mol. The highest BCUT2D eigenvalue weighted by molar-refractivity contribution is 4.88. The zero-order valence-electron chi connectivity index (χ0n) is 6.25. The molecule has 2 rings (SSSR count). The van der Waals surface area contributed by atoms with Crippen LogP contribution < -0.4 is 5.73 Å². The quantitative estimate of drug-likeness (QED) is 0.544. The van der Waals surface area contributed by atoms with Crippen LogP contribution in [0.3, 0.4) is 0 Å². The molecule has 2 heteroatoms. The largest absolute Gasteiger partial charge is 0.378 e. The van der Waals surface area contributed by atoms with Crippen LogP contribution in [0.4, 0.5) is 0 Å². The van der Waals surface area contributed by atoms with Gasteiger partial charge in [0.2, 0.25) is 0 Å². The molecule has 0 aromatic rings. The van der Waals surface area contributed by atoms with Gasteiger partial charge >= 0.3 is 0 Å². The summed E-state index contributed by atoms with van der Waals surface area (Å²) in [6, 6.07) is 0.432. The Hall–Kier alpha value is -0.0800. The molecule has 2 aliphatic rings. The second-order valence-corrected chi connectivity index (χ2v) is 3.46. The molecule has 3 unspecified atom stereocenters. The molecule has 2 fully saturated rings. The fraction of sp³-hybridized carbons (Fsp3) is 1.00. The van der Waals surface area contributed by atoms with Gasteiger partial charge in [0.05, 0.1) is 6.10 Å². The van der Waals surface area contributed by atoms with E-state index in [4.69, 9.17) is 10.5 Å². The summed E-state index contributed by atoms with van der Waals surface area (Å²) < 4.78 is 5.55. The van der Waals surface area contributed by atoms with E-state index in [2.05, 4.69) is 0 Å². The topological polar surface area (TPSA) is 35.2 Å². The highest BCUT2D eigenvalue weighted by Gasteiger charge is 2.35. The molecule has 2 nitrogen and oxygen atoms in total. The van der Waals surface area contributed by atoms with Gasteiger partial charge in [-0.3, -0.25) is 0 Å². The van der Waals surface area contributed by atoms with Crippen molar-refractivity contribution in [3.05, 3.63) is 0 Å². The Bertz CT molecular complexity index is 126. The standard InChI is InChI=1S/C8H15NO/c9-7-2-1-3-8-6(7)4-5-10-8/h6-8H,1-5,9H2. The fourth-order valence-electron chi connectivity index (χ4n) is 2.22. The fourth-order valence-corrected chi connectivity index (χ4v) is 2.22. The predicted molar refractivity (Wildman–Crippen MR) is 39.7 cm³/mol. The predicted octanol–water partition coefficient (Wildman–Crippen LogP) is 0.903. The van der Waals surface area contributed by atoms with Gasteiger partial charge in [-0.1, -0.05) is 0 Å². The zero-order chi connectivity index (χ0) is 6.97. The summed E-state index contributed by atoms with van der Waals surface area (Å²) in [5, 5.41) is 0. The van der Waals surface area contributed by atoms with Crippen LogP contribution in [0, 0.1) is 5.92 Å². The summed E-state index contributed by atoms with van der Waals surface area (Å²) in [5.41, 5.74) is 5.94. The molecule has 10 heavy (non-hydrogen) atoms. The summed E-state index contributed by atoms with van der Waals surface area (Å²) in [6.45, 7) is 0.947. The lowest BCUT2D eigenvalue weighted by atomic mass is 9.82. The molecule has 1 saturated heterocycles. The van der Waals surface area contributed by atoms with Gasteiger partial charge in [-0.15, -0.1) is 0 Å². The normalized spacial score (nSPS) is 47.1. The first kappa shape index (κ1) is 6.62. The molecule has 0 amide bonds. The molecule has 1 saturated carbocycles. The maximum Gasteiger partial charge on any atom is 0.0618 e. The molecule has 0 spiro atoms. The zero-order valence-corrected chi connectivity index (χ0v) is 6.25. The van der Waals surface area contributed by atoms with Gasteiger partial charge in [0.1, 0.15) is 0 Å². The van der Waals surface area contributed by atoms with Crippen LogP contribution in [-0.2, 0) is 4.74 Å². The van der Waals surface area contributed by atoms with E-state index in [1.807, 2.05) is 0 Å². The number of hydrogen-bond donors (Lipinski definition) is 1. The molecule has 1 aliphatic carbocycles. The van der Waals surface area contributed by atoms with Crippen LogP contribution in [0.25, 0.3) is 0 Å². The maximum atomic E-state index is 5.94. The van der Waals surface area contributed by atoms with Crippen LogP contribution in [0.15, 0.2) is 0 Å². The van der Waals surface area contributed by atoms with E-state index < -0.39 is 0 Å². The van der Waals surface area contributed by atoms with E-state index in [-0.39, 0.29) is 0 Å². The second kappa shape index (κ2) is 2.51. The summed E-state index contributed by atoms with van der Waals surface area (Å²) in [5.74, 6) is 0.689. The average molecular weight is 141 g/mol. The third kappa shape index (κ3) is 0.956. The van der Waals surface area contributed by atoms with E-state index in [9.17, 15) is 0 Å². The van der Waals surface area contributed by atoms with Gasteiger partial charge in [0, 0.05) is 18.6 Å². The van der Waals surface area contributed by atoms with E-state index in [0.29, 0.717) is 18.1 Å². The summed E-state index contributed by atoms with van der Waals surface area (Å²) in [6.07, 6.45) is 5.44. The van der Waals surface area contributed by atoms with Crippen molar-refractivity contribution in [2.75, 3.05) is 6.61 Å². The van der Waals surface area contributed by atoms with Crippen molar-refractivity contribution in [2.45, 2.75) is 37.8 Å². The van der Waals surface area contributed by atoms with Gasteiger partial charge in [-0.05, 0) is 25.7 Å². The number of hydrogen-bond acceptors (Lipinski definition) is 2. The van der Waals surface area contributed by atoms with Crippen molar-refractivity contribution in [3.8, 4) is 0 Å². The van der Waals surface area contributed by atoms with Crippen LogP contribution in [0.2, 0.25) is 0 Å². The minimum absolute atomic E-state index is 0.432. The van der Waals surface area contributed by atoms with Gasteiger partial charge in [-0.2, -0.15) is 0 Å². The van der Waals surface area contributed by atoms with Gasteiger partial charge in [-0.25, -0.2) is 0 Å². The van der Waals surface area contributed by atoms with E-state index in [0.717, 1.165) is 6.61 Å². The Morgan fingerprint density at radius 3 is 2.90 bits per heavy atom. The lowest BCUT2D eigenvalue weighted by Gasteiger charge is -2.29. The first-order chi connectivity index (χ1) is 4.88. The van der Waals surface area contributed by atoms with Gasteiger partial charge in [0.25, 0.3) is 0 Å². The molecule has 2 N–H and O–H groups in total. The lowest BCUT2D eigenvalue weighted by Crippen LogP contribution is -2.38. The third-order valence-electron chi connectivity index (χ3n) is 2.84.